The van der Waals surface area contributed by atoms with Gasteiger partial charge in [-0.15, -0.1) is 0 Å². The van der Waals surface area contributed by atoms with E-state index >= 15 is 0 Å². The second kappa shape index (κ2) is 8.32. The fraction of sp³-hybridized carbons (Fsp3) is 1.00. The molecule has 1 saturated heterocycles. The highest BCUT2D eigenvalue weighted by Gasteiger charge is 2.32. The zero-order valence-electron chi connectivity index (χ0n) is 14.2. The molecule has 4 nitrogen and oxygen atoms in total. The molecule has 0 spiro atoms. The van der Waals surface area contributed by atoms with Crippen LogP contribution in [0.2, 0.25) is 0 Å². The number of rotatable bonds is 8. The van der Waals surface area contributed by atoms with Crippen LogP contribution in [-0.2, 0) is 4.74 Å². The van der Waals surface area contributed by atoms with E-state index in [9.17, 15) is 0 Å². The highest BCUT2D eigenvalue weighted by molar-refractivity contribution is 4.88. The molecular weight excluding hydrogens is 250 g/mol. The van der Waals surface area contributed by atoms with Gasteiger partial charge in [0.2, 0.25) is 0 Å². The van der Waals surface area contributed by atoms with Crippen molar-refractivity contribution in [2.75, 3.05) is 39.3 Å². The van der Waals surface area contributed by atoms with Gasteiger partial charge in [0.1, 0.15) is 0 Å². The Morgan fingerprint density at radius 3 is 2.60 bits per heavy atom. The minimum absolute atomic E-state index is 0.0967. The largest absolute Gasteiger partial charge is 0.374 e. The van der Waals surface area contributed by atoms with Crippen LogP contribution in [0, 0.1) is 0 Å². The van der Waals surface area contributed by atoms with Crippen molar-refractivity contribution in [3.05, 3.63) is 0 Å². The van der Waals surface area contributed by atoms with Crippen molar-refractivity contribution in [2.45, 2.75) is 65.1 Å². The lowest BCUT2D eigenvalue weighted by Crippen LogP contribution is -2.57. The average Bonchev–Trinajstić information content (AvgIpc) is 2.46. The lowest BCUT2D eigenvalue weighted by Gasteiger charge is -2.44. The first-order valence-electron chi connectivity index (χ1n) is 8.27. The van der Waals surface area contributed by atoms with Crippen LogP contribution in [0.25, 0.3) is 0 Å². The molecule has 0 bridgehead atoms. The Morgan fingerprint density at radius 1 is 1.40 bits per heavy atom. The van der Waals surface area contributed by atoms with Crippen LogP contribution in [0.15, 0.2) is 0 Å². The van der Waals surface area contributed by atoms with Gasteiger partial charge in [-0.2, -0.15) is 0 Å². The van der Waals surface area contributed by atoms with E-state index in [0.29, 0.717) is 18.7 Å². The zero-order valence-corrected chi connectivity index (χ0v) is 14.2. The van der Waals surface area contributed by atoms with Crippen LogP contribution in [-0.4, -0.2) is 66.8 Å². The van der Waals surface area contributed by atoms with Crippen LogP contribution in [0.1, 0.15) is 47.5 Å². The summed E-state index contributed by atoms with van der Waals surface area (Å²) < 4.78 is 6.00. The van der Waals surface area contributed by atoms with E-state index in [1.54, 1.807) is 0 Å². The maximum Gasteiger partial charge on any atom is 0.0829 e. The van der Waals surface area contributed by atoms with Gasteiger partial charge in [-0.25, -0.2) is 0 Å². The summed E-state index contributed by atoms with van der Waals surface area (Å²) >= 11 is 0. The molecule has 0 aromatic carbocycles. The lowest BCUT2D eigenvalue weighted by molar-refractivity contribution is -0.0654. The van der Waals surface area contributed by atoms with Crippen molar-refractivity contribution in [2.24, 2.45) is 5.73 Å². The van der Waals surface area contributed by atoms with Crippen molar-refractivity contribution in [1.29, 1.82) is 0 Å². The summed E-state index contributed by atoms with van der Waals surface area (Å²) in [6, 6.07) is 0.605. The minimum atomic E-state index is 0.0967. The number of nitrogens with zero attached hydrogens (tertiary/aromatic N) is 2. The molecule has 20 heavy (non-hydrogen) atoms. The number of ether oxygens (including phenoxy) is 1. The third-order valence-electron chi connectivity index (χ3n) is 4.78. The Balaban J connectivity index is 2.65. The molecule has 0 aromatic heterocycles. The number of nitrogens with two attached hydrogens (primary N) is 1. The molecule has 1 heterocycles. The molecule has 1 rings (SSSR count). The Bertz CT molecular complexity index is 266. The first kappa shape index (κ1) is 17.9. The molecule has 0 saturated carbocycles. The first-order chi connectivity index (χ1) is 9.46. The maximum atomic E-state index is 6.04. The topological polar surface area (TPSA) is 41.7 Å². The number of morpholine rings is 1. The molecule has 4 heteroatoms. The summed E-state index contributed by atoms with van der Waals surface area (Å²) in [6.45, 7) is 17.1. The average molecular weight is 285 g/mol. The molecule has 2 unspecified atom stereocenters. The van der Waals surface area contributed by atoms with Crippen molar-refractivity contribution < 1.29 is 4.74 Å². The van der Waals surface area contributed by atoms with Gasteiger partial charge in [0.25, 0.3) is 0 Å². The van der Waals surface area contributed by atoms with E-state index in [2.05, 4.69) is 44.4 Å². The molecule has 1 fully saturated rings. The third-order valence-corrected chi connectivity index (χ3v) is 4.78. The summed E-state index contributed by atoms with van der Waals surface area (Å²) in [7, 11) is 0. The van der Waals surface area contributed by atoms with E-state index in [1.807, 2.05) is 0 Å². The van der Waals surface area contributed by atoms with E-state index < -0.39 is 0 Å². The van der Waals surface area contributed by atoms with Gasteiger partial charge in [0.15, 0.2) is 0 Å². The van der Waals surface area contributed by atoms with Gasteiger partial charge in [0.05, 0.1) is 12.7 Å². The van der Waals surface area contributed by atoms with E-state index in [-0.39, 0.29) is 5.54 Å². The smallest absolute Gasteiger partial charge is 0.0829 e. The Kier molecular flexibility index (Phi) is 7.45. The fourth-order valence-corrected chi connectivity index (χ4v) is 2.92. The molecule has 1 aliphatic heterocycles. The standard InChI is InChI=1S/C16H35N3O/c1-6-8-19(16(5,7-2)13-17)12-15-11-18(14(3)4)9-10-20-15/h14-15H,6-13,17H2,1-5H3. The van der Waals surface area contributed by atoms with Gasteiger partial charge in [0, 0.05) is 37.8 Å². The highest BCUT2D eigenvalue weighted by Crippen LogP contribution is 2.21. The zero-order chi connectivity index (χ0) is 15.2. The summed E-state index contributed by atoms with van der Waals surface area (Å²) in [5.41, 5.74) is 6.13. The van der Waals surface area contributed by atoms with Crippen molar-refractivity contribution in [1.82, 2.24) is 9.80 Å². The molecule has 120 valence electrons. The minimum Gasteiger partial charge on any atom is -0.374 e. The van der Waals surface area contributed by atoms with E-state index in [0.717, 1.165) is 45.6 Å². The molecule has 2 N–H and O–H groups in total. The number of hydrogen-bond acceptors (Lipinski definition) is 4. The fourth-order valence-electron chi connectivity index (χ4n) is 2.92. The molecule has 0 amide bonds. The van der Waals surface area contributed by atoms with Crippen molar-refractivity contribution in [3.63, 3.8) is 0 Å². The normalized spacial score (nSPS) is 24.3. The summed E-state index contributed by atoms with van der Waals surface area (Å²) in [5.74, 6) is 0. The van der Waals surface area contributed by atoms with Crippen LogP contribution in [0.3, 0.4) is 0 Å². The van der Waals surface area contributed by atoms with Gasteiger partial charge < -0.3 is 10.5 Å². The van der Waals surface area contributed by atoms with Crippen LogP contribution >= 0.6 is 0 Å². The molecular formula is C16H35N3O. The van der Waals surface area contributed by atoms with Crippen LogP contribution in [0.4, 0.5) is 0 Å². The molecule has 2 atom stereocenters. The molecule has 0 aliphatic carbocycles. The number of hydrogen-bond donors (Lipinski definition) is 1. The summed E-state index contributed by atoms with van der Waals surface area (Å²) in [6.07, 6.45) is 2.57. The lowest BCUT2D eigenvalue weighted by atomic mass is 9.95. The molecule has 1 aliphatic rings. The summed E-state index contributed by atoms with van der Waals surface area (Å²) in [5, 5.41) is 0. The van der Waals surface area contributed by atoms with Gasteiger partial charge in [-0.05, 0) is 40.2 Å². The van der Waals surface area contributed by atoms with Crippen molar-refractivity contribution >= 4 is 0 Å². The quantitative estimate of drug-likeness (QED) is 0.740. The van der Waals surface area contributed by atoms with Gasteiger partial charge >= 0.3 is 0 Å². The monoisotopic (exact) mass is 285 g/mol. The second-order valence-corrected chi connectivity index (χ2v) is 6.58. The Hall–Kier alpha value is -0.160. The SMILES string of the molecule is CCCN(CC1CN(C(C)C)CCO1)C(C)(CC)CN. The molecule has 0 radical (unpaired) electrons. The Morgan fingerprint density at radius 2 is 2.10 bits per heavy atom. The van der Waals surface area contributed by atoms with Gasteiger partial charge in [-0.1, -0.05) is 13.8 Å². The predicted octanol–water partition coefficient (Wildman–Crippen LogP) is 1.94. The van der Waals surface area contributed by atoms with Crippen LogP contribution < -0.4 is 5.73 Å². The summed E-state index contributed by atoms with van der Waals surface area (Å²) in [4.78, 5) is 5.06. The van der Waals surface area contributed by atoms with Crippen LogP contribution in [0.5, 0.6) is 0 Å². The highest BCUT2D eigenvalue weighted by atomic mass is 16.5. The maximum absolute atomic E-state index is 6.04. The van der Waals surface area contributed by atoms with Crippen molar-refractivity contribution in [3.8, 4) is 0 Å². The third kappa shape index (κ3) is 4.69. The Labute approximate surface area is 125 Å². The first-order valence-corrected chi connectivity index (χ1v) is 8.27. The predicted molar refractivity (Wildman–Crippen MR) is 86.1 cm³/mol. The second-order valence-electron chi connectivity index (χ2n) is 6.58. The molecule has 0 aromatic rings. The van der Waals surface area contributed by atoms with E-state index in [4.69, 9.17) is 10.5 Å². The van der Waals surface area contributed by atoms with Gasteiger partial charge in [-0.3, -0.25) is 9.80 Å². The van der Waals surface area contributed by atoms with E-state index in [1.165, 1.54) is 0 Å².